The Labute approximate surface area is 149 Å². The number of hydrogen-bond acceptors (Lipinski definition) is 4. The van der Waals surface area contributed by atoms with Crippen molar-refractivity contribution in [3.05, 3.63) is 12.7 Å². The molecule has 4 saturated carbocycles. The molecule has 2 atom stereocenters. The zero-order valence-corrected chi connectivity index (χ0v) is 15.9. The van der Waals surface area contributed by atoms with Gasteiger partial charge >= 0.3 is 0 Å². The predicted octanol–water partition coefficient (Wildman–Crippen LogP) is 3.84. The topological polar surface area (TPSA) is 46.8 Å². The van der Waals surface area contributed by atoms with Crippen LogP contribution < -0.4 is 4.90 Å². The summed E-state index contributed by atoms with van der Waals surface area (Å²) in [4.78, 5) is 15.9. The van der Waals surface area contributed by atoms with Gasteiger partial charge < -0.3 is 9.47 Å². The molecule has 5 nitrogen and oxygen atoms in total. The summed E-state index contributed by atoms with van der Waals surface area (Å²) in [6.45, 7) is 4.89. The Balaban J connectivity index is 1.66. The fourth-order valence-corrected chi connectivity index (χ4v) is 6.74. The van der Waals surface area contributed by atoms with Gasteiger partial charge in [-0.25, -0.2) is 15.0 Å². The third kappa shape index (κ3) is 2.04. The Hall–Kier alpha value is -1.65. The van der Waals surface area contributed by atoms with Gasteiger partial charge in [-0.05, 0) is 61.7 Å². The van der Waals surface area contributed by atoms with E-state index in [1.807, 2.05) is 19.0 Å². The molecule has 0 amide bonds. The molecule has 4 aliphatic carbocycles. The molecular formula is C20H29N5. The van der Waals surface area contributed by atoms with Crippen molar-refractivity contribution in [3.8, 4) is 0 Å². The van der Waals surface area contributed by atoms with Crippen LogP contribution in [0.2, 0.25) is 0 Å². The standard InChI is InChI=1S/C20H29N5/c1-13(2)19-6-14-5-15(7-19)9-20(8-14,10-19)25-12-23-16-17(24(3)4)21-11-22-18(16)25/h11-15H,5-10H2,1-4H3. The van der Waals surface area contributed by atoms with Gasteiger partial charge in [-0.2, -0.15) is 0 Å². The highest BCUT2D eigenvalue weighted by Gasteiger charge is 2.59. The van der Waals surface area contributed by atoms with Gasteiger partial charge in [-0.3, -0.25) is 0 Å². The quantitative estimate of drug-likeness (QED) is 0.852. The summed E-state index contributed by atoms with van der Waals surface area (Å²) in [5.41, 5.74) is 2.72. The van der Waals surface area contributed by atoms with Gasteiger partial charge in [0.2, 0.25) is 0 Å². The second-order valence-corrected chi connectivity index (χ2v) is 9.58. The minimum atomic E-state index is 0.223. The van der Waals surface area contributed by atoms with E-state index in [4.69, 9.17) is 4.98 Å². The van der Waals surface area contributed by atoms with Gasteiger partial charge in [-0.1, -0.05) is 13.8 Å². The molecule has 4 fully saturated rings. The summed E-state index contributed by atoms with van der Waals surface area (Å²) < 4.78 is 2.45. The summed E-state index contributed by atoms with van der Waals surface area (Å²) in [7, 11) is 4.05. The van der Waals surface area contributed by atoms with E-state index in [9.17, 15) is 0 Å². The second-order valence-electron chi connectivity index (χ2n) is 9.58. The van der Waals surface area contributed by atoms with Gasteiger partial charge in [-0.15, -0.1) is 0 Å². The molecule has 4 aliphatic rings. The zero-order chi connectivity index (χ0) is 17.4. The van der Waals surface area contributed by atoms with Gasteiger partial charge in [0.05, 0.1) is 6.33 Å². The molecule has 0 saturated heterocycles. The summed E-state index contributed by atoms with van der Waals surface area (Å²) in [6.07, 6.45) is 12.0. The maximum absolute atomic E-state index is 4.76. The fourth-order valence-electron chi connectivity index (χ4n) is 6.74. The van der Waals surface area contributed by atoms with Crippen LogP contribution in [0.4, 0.5) is 5.82 Å². The van der Waals surface area contributed by atoms with Crippen molar-refractivity contribution >= 4 is 17.0 Å². The van der Waals surface area contributed by atoms with E-state index in [1.54, 1.807) is 6.33 Å². The number of anilines is 1. The lowest BCUT2D eigenvalue weighted by Crippen LogP contribution is -2.57. The molecule has 2 heterocycles. The number of rotatable bonds is 3. The molecule has 2 unspecified atom stereocenters. The van der Waals surface area contributed by atoms with Crippen molar-refractivity contribution in [2.24, 2.45) is 23.2 Å². The van der Waals surface area contributed by atoms with Crippen LogP contribution in [0.1, 0.15) is 52.4 Å². The van der Waals surface area contributed by atoms with E-state index >= 15 is 0 Å². The molecule has 134 valence electrons. The van der Waals surface area contributed by atoms with Gasteiger partial charge in [0.1, 0.15) is 6.33 Å². The summed E-state index contributed by atoms with van der Waals surface area (Å²) in [6, 6.07) is 0. The lowest BCUT2D eigenvalue weighted by Gasteiger charge is -2.64. The molecule has 6 rings (SSSR count). The van der Waals surface area contributed by atoms with Crippen molar-refractivity contribution in [3.63, 3.8) is 0 Å². The van der Waals surface area contributed by atoms with Gasteiger partial charge in [0.25, 0.3) is 0 Å². The fraction of sp³-hybridized carbons (Fsp3) is 0.750. The molecule has 0 aromatic carbocycles. The number of nitrogens with zero attached hydrogens (tertiary/aromatic N) is 5. The monoisotopic (exact) mass is 339 g/mol. The number of hydrogen-bond donors (Lipinski definition) is 0. The van der Waals surface area contributed by atoms with Crippen molar-refractivity contribution in [1.29, 1.82) is 0 Å². The predicted molar refractivity (Wildman–Crippen MR) is 99.6 cm³/mol. The van der Waals surface area contributed by atoms with Crippen molar-refractivity contribution in [2.75, 3.05) is 19.0 Å². The van der Waals surface area contributed by atoms with Crippen LogP contribution in [0.15, 0.2) is 12.7 Å². The van der Waals surface area contributed by atoms with Crippen LogP contribution in [-0.4, -0.2) is 33.6 Å². The average Bonchev–Trinajstić information content (AvgIpc) is 2.98. The molecular weight excluding hydrogens is 310 g/mol. The van der Waals surface area contributed by atoms with E-state index in [-0.39, 0.29) is 5.54 Å². The molecule has 5 heteroatoms. The second kappa shape index (κ2) is 4.95. The maximum atomic E-state index is 4.76. The van der Waals surface area contributed by atoms with Crippen molar-refractivity contribution < 1.29 is 0 Å². The molecule has 2 aromatic rings. The van der Waals surface area contributed by atoms with Crippen molar-refractivity contribution in [2.45, 2.75) is 57.9 Å². The molecule has 2 aromatic heterocycles. The third-order valence-electron chi connectivity index (χ3n) is 7.55. The van der Waals surface area contributed by atoms with Crippen LogP contribution in [0.25, 0.3) is 11.2 Å². The highest BCUT2D eigenvalue weighted by atomic mass is 15.2. The SMILES string of the molecule is CC(C)C12CC3CC(C1)CC(n1cnc4c(N(C)C)ncnc41)(C3)C2. The van der Waals surface area contributed by atoms with E-state index < -0.39 is 0 Å². The normalized spacial score (nSPS) is 36.5. The highest BCUT2D eigenvalue weighted by Crippen LogP contribution is 2.66. The van der Waals surface area contributed by atoms with Gasteiger partial charge in [0.15, 0.2) is 17.0 Å². The van der Waals surface area contributed by atoms with E-state index in [1.165, 1.54) is 38.5 Å². The first-order valence-electron chi connectivity index (χ1n) is 9.78. The molecule has 0 N–H and O–H groups in total. The maximum Gasteiger partial charge on any atom is 0.165 e. The lowest BCUT2D eigenvalue weighted by molar-refractivity contribution is -0.121. The molecule has 0 aliphatic heterocycles. The smallest absolute Gasteiger partial charge is 0.165 e. The Bertz CT molecular complexity index is 807. The molecule has 0 radical (unpaired) electrons. The number of imidazole rings is 1. The Kier molecular flexibility index (Phi) is 3.09. The summed E-state index contributed by atoms with van der Waals surface area (Å²) >= 11 is 0. The summed E-state index contributed by atoms with van der Waals surface area (Å²) in [5, 5.41) is 0. The Morgan fingerprint density at radius 2 is 1.80 bits per heavy atom. The first kappa shape index (κ1) is 15.6. The van der Waals surface area contributed by atoms with E-state index in [2.05, 4.69) is 34.7 Å². The summed E-state index contributed by atoms with van der Waals surface area (Å²) in [5.74, 6) is 3.46. The highest BCUT2D eigenvalue weighted by molar-refractivity contribution is 5.83. The Morgan fingerprint density at radius 1 is 1.08 bits per heavy atom. The number of fused-ring (bicyclic) bond motifs is 1. The van der Waals surface area contributed by atoms with Crippen molar-refractivity contribution in [1.82, 2.24) is 19.5 Å². The minimum Gasteiger partial charge on any atom is -0.361 e. The van der Waals surface area contributed by atoms with Crippen LogP contribution in [0.3, 0.4) is 0 Å². The molecule has 25 heavy (non-hydrogen) atoms. The lowest BCUT2D eigenvalue weighted by atomic mass is 9.44. The first-order chi connectivity index (χ1) is 11.9. The molecule has 0 spiro atoms. The van der Waals surface area contributed by atoms with Gasteiger partial charge in [0, 0.05) is 19.6 Å². The average molecular weight is 339 g/mol. The largest absolute Gasteiger partial charge is 0.361 e. The zero-order valence-electron chi connectivity index (χ0n) is 15.9. The van der Waals surface area contributed by atoms with Crippen LogP contribution >= 0.6 is 0 Å². The first-order valence-corrected chi connectivity index (χ1v) is 9.78. The van der Waals surface area contributed by atoms with E-state index in [0.29, 0.717) is 5.41 Å². The van der Waals surface area contributed by atoms with Crippen LogP contribution in [-0.2, 0) is 5.54 Å². The third-order valence-corrected chi connectivity index (χ3v) is 7.55. The minimum absolute atomic E-state index is 0.223. The van der Waals surface area contributed by atoms with E-state index in [0.717, 1.165) is 34.7 Å². The Morgan fingerprint density at radius 3 is 2.44 bits per heavy atom. The molecule has 4 bridgehead atoms. The number of aromatic nitrogens is 4. The van der Waals surface area contributed by atoms with Crippen LogP contribution in [0, 0.1) is 23.2 Å². The van der Waals surface area contributed by atoms with Crippen LogP contribution in [0.5, 0.6) is 0 Å².